The average molecular weight is 821 g/mol. The number of fused-ring (bicyclic) bond motifs is 2. The fourth-order valence-electron chi connectivity index (χ4n) is 10.4. The van der Waals surface area contributed by atoms with Crippen molar-refractivity contribution >= 4 is 52.5 Å². The number of halogens is 1. The third-order valence-electron chi connectivity index (χ3n) is 13.1. The Balaban J connectivity index is 0.863. The fourth-order valence-corrected chi connectivity index (χ4v) is 10.6. The van der Waals surface area contributed by atoms with Gasteiger partial charge in [-0.1, -0.05) is 45.4 Å². The second-order valence-corrected chi connectivity index (χ2v) is 18.1. The lowest BCUT2D eigenvalue weighted by molar-refractivity contribution is -0.164. The van der Waals surface area contributed by atoms with Crippen LogP contribution in [-0.4, -0.2) is 89.4 Å². The molecule has 5 amide bonds. The number of benzene rings is 3. The van der Waals surface area contributed by atoms with Crippen LogP contribution in [0.4, 0.5) is 11.4 Å². The van der Waals surface area contributed by atoms with E-state index in [9.17, 15) is 24.0 Å². The molecule has 0 radical (unpaired) electrons. The Labute approximate surface area is 349 Å². The number of piperidine rings is 2. The van der Waals surface area contributed by atoms with Crippen LogP contribution < -0.4 is 20.3 Å². The number of carbonyl (C=O) groups excluding carboxylic acids is 5. The molecule has 59 heavy (non-hydrogen) atoms. The van der Waals surface area contributed by atoms with E-state index in [1.54, 1.807) is 30.3 Å². The molecule has 1 atom stereocenters. The molecule has 308 valence electrons. The van der Waals surface area contributed by atoms with Crippen molar-refractivity contribution < 1.29 is 33.4 Å². The maximum Gasteiger partial charge on any atom is 0.262 e. The lowest BCUT2D eigenvalue weighted by atomic mass is 9.49. The van der Waals surface area contributed by atoms with Crippen molar-refractivity contribution in [2.24, 2.45) is 10.8 Å². The van der Waals surface area contributed by atoms with Gasteiger partial charge in [-0.3, -0.25) is 39.1 Å². The number of anilines is 1. The van der Waals surface area contributed by atoms with Crippen LogP contribution in [0.2, 0.25) is 5.02 Å². The van der Waals surface area contributed by atoms with Gasteiger partial charge in [-0.2, -0.15) is 0 Å². The summed E-state index contributed by atoms with van der Waals surface area (Å²) in [5.74, 6) is -1.55. The molecule has 2 N–H and O–H groups in total. The number of nitrogens with one attached hydrogen (secondary N) is 2. The predicted octanol–water partition coefficient (Wildman–Crippen LogP) is 6.30. The molecule has 1 unspecified atom stereocenters. The first kappa shape index (κ1) is 40.5. The Kier molecular flexibility index (Phi) is 10.3. The van der Waals surface area contributed by atoms with Crippen LogP contribution in [0.3, 0.4) is 0 Å². The molecule has 0 bridgehead atoms. The van der Waals surface area contributed by atoms with Crippen molar-refractivity contribution in [3.8, 4) is 5.75 Å². The molecular formula is C45H49ClN6O7. The van der Waals surface area contributed by atoms with E-state index in [-0.39, 0.29) is 47.3 Å². The number of ether oxygens (including phenoxy) is 2. The number of hydrogen-bond acceptors (Lipinski definition) is 9. The summed E-state index contributed by atoms with van der Waals surface area (Å²) in [5, 5.41) is 5.88. The Bertz CT molecular complexity index is 2230. The zero-order valence-corrected chi connectivity index (χ0v) is 34.8. The topological polar surface area (TPSA) is 142 Å². The third-order valence-corrected chi connectivity index (χ3v) is 13.4. The van der Waals surface area contributed by atoms with Gasteiger partial charge in [-0.05, 0) is 85.8 Å². The quantitative estimate of drug-likeness (QED) is 0.178. The first-order valence-electron chi connectivity index (χ1n) is 20.3. The Morgan fingerprint density at radius 2 is 1.56 bits per heavy atom. The summed E-state index contributed by atoms with van der Waals surface area (Å²) in [4.78, 5) is 73.7. The minimum atomic E-state index is -0.988. The maximum absolute atomic E-state index is 13.6. The van der Waals surface area contributed by atoms with Crippen LogP contribution in [0.25, 0.3) is 4.85 Å². The van der Waals surface area contributed by atoms with Crippen molar-refractivity contribution in [2.75, 3.05) is 31.1 Å². The number of rotatable bonds is 10. The van der Waals surface area contributed by atoms with Gasteiger partial charge in [0, 0.05) is 73.9 Å². The van der Waals surface area contributed by atoms with Crippen LogP contribution in [-0.2, 0) is 27.4 Å². The summed E-state index contributed by atoms with van der Waals surface area (Å²) >= 11 is 6.27. The SMILES string of the molecule is [C-]#[N+]c1ccc(OC2C(C)(C)C(NC(=O)c3ccc(N4CCC(CN5Cc6cc7c(cc6C5)C(=O)N(C5CCC(=O)NC5=O)C7=O)(OCC)CC4)cc3)C2(C)C)cc1Cl. The normalized spacial score (nSPS) is 24.2. The van der Waals surface area contributed by atoms with Crippen LogP contribution in [0.15, 0.2) is 54.6 Å². The van der Waals surface area contributed by atoms with Gasteiger partial charge in [0.25, 0.3) is 17.7 Å². The lowest BCUT2D eigenvalue weighted by Gasteiger charge is -2.63. The first-order chi connectivity index (χ1) is 28.0. The third kappa shape index (κ3) is 7.15. The van der Waals surface area contributed by atoms with Gasteiger partial charge in [-0.15, -0.1) is 0 Å². The first-order valence-corrected chi connectivity index (χ1v) is 20.7. The van der Waals surface area contributed by atoms with Crippen molar-refractivity contribution in [3.05, 3.63) is 98.9 Å². The van der Waals surface area contributed by atoms with Crippen molar-refractivity contribution in [1.29, 1.82) is 0 Å². The molecule has 1 aliphatic carbocycles. The number of carbonyl (C=O) groups is 5. The highest BCUT2D eigenvalue weighted by molar-refractivity contribution is 6.33. The molecule has 4 heterocycles. The highest BCUT2D eigenvalue weighted by atomic mass is 35.5. The minimum absolute atomic E-state index is 0.0807. The van der Waals surface area contributed by atoms with Gasteiger partial charge in [0.1, 0.15) is 17.9 Å². The van der Waals surface area contributed by atoms with E-state index in [4.69, 9.17) is 27.6 Å². The fraction of sp³-hybridized carbons (Fsp3) is 0.467. The number of hydrogen-bond donors (Lipinski definition) is 2. The van der Waals surface area contributed by atoms with Gasteiger partial charge in [-0.25, -0.2) is 4.85 Å². The summed E-state index contributed by atoms with van der Waals surface area (Å²) in [5.41, 5.74) is 3.45. The summed E-state index contributed by atoms with van der Waals surface area (Å²) in [6, 6.07) is 15.3. The standard InChI is InChI=1S/C45H49ClN6O7/c1-7-58-45(25-50-23-27-20-31-32(21-28(27)24-50)40(57)52(39(31)56)35-14-15-36(53)48-38(35)55)16-18-51(19-17-45)29-10-8-26(9-11-29)37(54)49-41-43(2,3)42(44(41,4)5)59-30-12-13-34(47-6)33(46)22-30/h8-13,20-22,35,41-42H,7,14-19,23-25H2,1-5H3,(H,49,54)(H,48,53,55). The number of amides is 5. The van der Waals surface area contributed by atoms with Crippen molar-refractivity contribution in [1.82, 2.24) is 20.4 Å². The van der Waals surface area contributed by atoms with Gasteiger partial charge in [0.15, 0.2) is 0 Å². The highest BCUT2D eigenvalue weighted by Gasteiger charge is 2.64. The molecule has 14 heteroatoms. The summed E-state index contributed by atoms with van der Waals surface area (Å²) in [7, 11) is 0. The van der Waals surface area contributed by atoms with E-state index >= 15 is 0 Å². The van der Waals surface area contributed by atoms with Crippen LogP contribution >= 0.6 is 11.6 Å². The largest absolute Gasteiger partial charge is 0.489 e. The summed E-state index contributed by atoms with van der Waals surface area (Å²) < 4.78 is 12.9. The summed E-state index contributed by atoms with van der Waals surface area (Å²) in [6.45, 7) is 21.7. The van der Waals surface area contributed by atoms with E-state index in [0.717, 1.165) is 47.6 Å². The molecule has 13 nitrogen and oxygen atoms in total. The van der Waals surface area contributed by atoms with Crippen molar-refractivity contribution in [2.45, 2.75) is 97.2 Å². The van der Waals surface area contributed by atoms with Gasteiger partial charge in [0.05, 0.1) is 28.3 Å². The number of nitrogens with zero attached hydrogens (tertiary/aromatic N) is 4. The van der Waals surface area contributed by atoms with Crippen LogP contribution in [0.5, 0.6) is 5.75 Å². The molecule has 2 saturated heterocycles. The average Bonchev–Trinajstić information content (AvgIpc) is 3.70. The molecule has 8 rings (SSSR count). The van der Waals surface area contributed by atoms with E-state index in [1.165, 1.54) is 0 Å². The zero-order valence-electron chi connectivity index (χ0n) is 34.0. The monoisotopic (exact) mass is 820 g/mol. The molecule has 5 aliphatic rings. The summed E-state index contributed by atoms with van der Waals surface area (Å²) in [6.07, 6.45) is 1.61. The molecule has 3 fully saturated rings. The molecule has 1 saturated carbocycles. The maximum atomic E-state index is 13.6. The number of imide groups is 2. The minimum Gasteiger partial charge on any atom is -0.489 e. The smallest absolute Gasteiger partial charge is 0.262 e. The Morgan fingerprint density at radius 3 is 2.12 bits per heavy atom. The van der Waals surface area contributed by atoms with Gasteiger partial charge in [0.2, 0.25) is 17.5 Å². The van der Waals surface area contributed by atoms with E-state index < -0.39 is 29.7 Å². The van der Waals surface area contributed by atoms with E-state index in [0.29, 0.717) is 59.4 Å². The predicted molar refractivity (Wildman–Crippen MR) is 220 cm³/mol. The molecule has 3 aromatic carbocycles. The molecule has 3 aromatic rings. The molecule has 0 aromatic heterocycles. The highest BCUT2D eigenvalue weighted by Crippen LogP contribution is 2.56. The molecule has 0 spiro atoms. The van der Waals surface area contributed by atoms with Gasteiger partial charge < -0.3 is 19.7 Å². The van der Waals surface area contributed by atoms with Crippen molar-refractivity contribution in [3.63, 3.8) is 0 Å². The second-order valence-electron chi connectivity index (χ2n) is 17.7. The Hall–Kier alpha value is -5.29. The second kappa shape index (κ2) is 15.1. The zero-order chi connectivity index (χ0) is 42.0. The van der Waals surface area contributed by atoms with Crippen LogP contribution in [0, 0.1) is 17.4 Å². The van der Waals surface area contributed by atoms with Crippen LogP contribution in [0.1, 0.15) is 103 Å². The molecular weight excluding hydrogens is 772 g/mol. The molecule has 4 aliphatic heterocycles. The Morgan fingerprint density at radius 1 is 0.932 bits per heavy atom. The van der Waals surface area contributed by atoms with E-state index in [2.05, 4.69) is 53.0 Å². The lowest BCUT2D eigenvalue weighted by Crippen LogP contribution is -2.74. The van der Waals surface area contributed by atoms with Gasteiger partial charge >= 0.3 is 0 Å². The van der Waals surface area contributed by atoms with E-state index in [1.807, 2.05) is 31.2 Å².